The van der Waals surface area contributed by atoms with Gasteiger partial charge in [-0.2, -0.15) is 8.42 Å². The zero-order valence-electron chi connectivity index (χ0n) is 4.83. The van der Waals surface area contributed by atoms with Gasteiger partial charge in [0.1, 0.15) is 0 Å². The molecule has 0 aromatic heterocycles. The van der Waals surface area contributed by atoms with Crippen molar-refractivity contribution in [2.45, 2.75) is 0 Å². The lowest BCUT2D eigenvalue weighted by Crippen LogP contribution is -2.05. The zero-order chi connectivity index (χ0) is 8.43. The van der Waals surface area contributed by atoms with Crippen molar-refractivity contribution in [1.82, 2.24) is 0 Å². The van der Waals surface area contributed by atoms with Crippen molar-refractivity contribution in [2.24, 2.45) is 15.2 Å². The van der Waals surface area contributed by atoms with Crippen LogP contribution in [0.25, 0.3) is 0 Å². The normalized spacial score (nSPS) is 14.9. The van der Waals surface area contributed by atoms with Gasteiger partial charge in [0.2, 0.25) is 0 Å². The first-order valence-corrected chi connectivity index (χ1v) is 3.30. The number of azo groups is 1. The van der Waals surface area contributed by atoms with E-state index in [1.807, 2.05) is 0 Å². The van der Waals surface area contributed by atoms with Crippen molar-refractivity contribution >= 4 is 21.4 Å². The minimum absolute atomic E-state index is 0.670. The Hall–Kier alpha value is -1.64. The summed E-state index contributed by atoms with van der Waals surface area (Å²) in [6, 6.07) is 0. The van der Waals surface area contributed by atoms with E-state index in [1.54, 1.807) is 0 Å². The molecule has 0 saturated carbocycles. The summed E-state index contributed by atoms with van der Waals surface area (Å²) in [6.07, 6.45) is 0. The standard InChI is InChI=1S/C2N4O4S/c7-6(8)1-3-2(5-4-1)11(9)10. The molecule has 0 amide bonds. The van der Waals surface area contributed by atoms with Gasteiger partial charge in [0.25, 0.3) is 10.3 Å². The molecule has 0 aromatic carbocycles. The molecule has 1 heterocycles. The number of rotatable bonds is 0. The van der Waals surface area contributed by atoms with Crippen molar-refractivity contribution in [1.29, 1.82) is 0 Å². The Bertz CT molecular complexity index is 380. The van der Waals surface area contributed by atoms with Gasteiger partial charge in [-0.05, 0) is 15.0 Å². The van der Waals surface area contributed by atoms with Crippen LogP contribution in [0.5, 0.6) is 0 Å². The van der Waals surface area contributed by atoms with Crippen LogP contribution < -0.4 is 0 Å². The van der Waals surface area contributed by atoms with Crippen molar-refractivity contribution in [3.63, 3.8) is 0 Å². The Balaban J connectivity index is 3.17. The van der Waals surface area contributed by atoms with E-state index in [9.17, 15) is 18.5 Å². The number of hydrogen-bond acceptors (Lipinski definition) is 5. The number of nitrogens with zero attached hydrogens (tertiary/aromatic N) is 4. The van der Waals surface area contributed by atoms with Gasteiger partial charge in [0.15, 0.2) is 0 Å². The van der Waals surface area contributed by atoms with Crippen molar-refractivity contribution in [3.8, 4) is 0 Å². The second-order valence-corrected chi connectivity index (χ2v) is 2.22. The molecule has 0 bridgehead atoms. The maximum absolute atomic E-state index is 10.0. The largest absolute Gasteiger partial charge is 0.494 e. The Morgan fingerprint density at radius 1 is 1.36 bits per heavy atom. The summed E-state index contributed by atoms with van der Waals surface area (Å²) in [5.74, 6) is -0.816. The first-order chi connectivity index (χ1) is 5.11. The van der Waals surface area contributed by atoms with Crippen LogP contribution >= 0.6 is 0 Å². The average Bonchev–Trinajstić information content (AvgIpc) is 2.33. The molecule has 9 heteroatoms. The summed E-state index contributed by atoms with van der Waals surface area (Å²) in [5, 5.41) is 15.0. The van der Waals surface area contributed by atoms with Gasteiger partial charge in [-0.25, -0.2) is 0 Å². The second-order valence-electron chi connectivity index (χ2n) is 1.39. The topological polar surface area (TPSA) is 114 Å². The van der Waals surface area contributed by atoms with E-state index in [-0.39, 0.29) is 0 Å². The fourth-order valence-electron chi connectivity index (χ4n) is 0.366. The van der Waals surface area contributed by atoms with Gasteiger partial charge in [-0.1, -0.05) is 0 Å². The highest BCUT2D eigenvalue weighted by Gasteiger charge is 2.23. The number of hydrogen-bond donors (Lipinski definition) is 0. The maximum Gasteiger partial charge on any atom is 0.494 e. The predicted octanol–water partition coefficient (Wildman–Crippen LogP) is -0.949. The molecule has 0 atom stereocenters. The molecule has 0 N–H and O–H groups in total. The molecule has 0 aromatic rings. The van der Waals surface area contributed by atoms with E-state index in [0.29, 0.717) is 0 Å². The lowest BCUT2D eigenvalue weighted by atomic mass is 11.0. The van der Waals surface area contributed by atoms with E-state index in [1.165, 1.54) is 0 Å². The van der Waals surface area contributed by atoms with Crippen LogP contribution in [0.1, 0.15) is 0 Å². The molecular weight excluding hydrogens is 176 g/mol. The molecule has 0 saturated heterocycles. The SMILES string of the molecule is O=[N+]([O-])C1=NC(=S(=O)=O)N=N1. The molecule has 8 nitrogen and oxygen atoms in total. The third-order valence-electron chi connectivity index (χ3n) is 0.733. The number of aliphatic imine (C=N–C) groups is 1. The van der Waals surface area contributed by atoms with Gasteiger partial charge >= 0.3 is 11.1 Å². The fraction of sp³-hybridized carbons (Fsp3) is 0. The molecule has 0 radical (unpaired) electrons. The van der Waals surface area contributed by atoms with Gasteiger partial charge in [-0.3, -0.25) is 0 Å². The predicted molar refractivity (Wildman–Crippen MR) is 33.2 cm³/mol. The third kappa shape index (κ3) is 1.43. The highest BCUT2D eigenvalue weighted by Crippen LogP contribution is 1.97. The third-order valence-corrected chi connectivity index (χ3v) is 1.20. The van der Waals surface area contributed by atoms with Crippen LogP contribution in [0, 0.1) is 10.1 Å². The minimum Gasteiger partial charge on any atom is -0.390 e. The summed E-state index contributed by atoms with van der Waals surface area (Å²) in [7, 11) is -2.66. The molecular formula is C2N4O4S. The molecule has 1 rings (SSSR count). The Morgan fingerprint density at radius 3 is 2.27 bits per heavy atom. The van der Waals surface area contributed by atoms with Crippen LogP contribution in [-0.2, 0) is 10.3 Å². The lowest BCUT2D eigenvalue weighted by molar-refractivity contribution is -0.351. The first kappa shape index (κ1) is 7.47. The first-order valence-electron chi connectivity index (χ1n) is 2.22. The molecule has 58 valence electrons. The highest BCUT2D eigenvalue weighted by molar-refractivity contribution is 7.72. The van der Waals surface area contributed by atoms with E-state index < -0.39 is 26.3 Å². The molecule has 1 aliphatic heterocycles. The quantitative estimate of drug-likeness (QED) is 0.269. The maximum atomic E-state index is 10.0. The smallest absolute Gasteiger partial charge is 0.390 e. The van der Waals surface area contributed by atoms with Gasteiger partial charge in [0.05, 0.1) is 5.11 Å². The molecule has 0 fully saturated rings. The number of nitro groups is 1. The highest BCUT2D eigenvalue weighted by atomic mass is 32.2. The molecule has 1 aliphatic rings. The fourth-order valence-corrected chi connectivity index (χ4v) is 0.629. The Kier molecular flexibility index (Phi) is 1.72. The lowest BCUT2D eigenvalue weighted by Gasteiger charge is -1.82. The molecule has 0 unspecified atom stereocenters. The van der Waals surface area contributed by atoms with Crippen molar-refractivity contribution in [2.75, 3.05) is 0 Å². The summed E-state index contributed by atoms with van der Waals surface area (Å²) in [5.41, 5.74) is 0. The molecule has 0 aliphatic carbocycles. The monoisotopic (exact) mass is 176 g/mol. The van der Waals surface area contributed by atoms with Crippen LogP contribution in [0.2, 0.25) is 0 Å². The van der Waals surface area contributed by atoms with Crippen LogP contribution in [-0.4, -0.2) is 24.4 Å². The Morgan fingerprint density at radius 2 is 2.00 bits per heavy atom. The Labute approximate surface area is 61.0 Å². The minimum atomic E-state index is -2.66. The molecule has 0 spiro atoms. The van der Waals surface area contributed by atoms with Crippen LogP contribution in [0.15, 0.2) is 15.2 Å². The van der Waals surface area contributed by atoms with Crippen molar-refractivity contribution in [3.05, 3.63) is 10.1 Å². The summed E-state index contributed by atoms with van der Waals surface area (Å²) < 4.78 is 20.1. The van der Waals surface area contributed by atoms with E-state index in [2.05, 4.69) is 15.2 Å². The molecule has 11 heavy (non-hydrogen) atoms. The summed E-state index contributed by atoms with van der Waals surface area (Å²) >= 11 is 0. The van der Waals surface area contributed by atoms with E-state index >= 15 is 0 Å². The summed E-state index contributed by atoms with van der Waals surface area (Å²) in [4.78, 5) is 11.9. The van der Waals surface area contributed by atoms with E-state index in [4.69, 9.17) is 0 Å². The van der Waals surface area contributed by atoms with Gasteiger partial charge in [0, 0.05) is 0 Å². The second kappa shape index (κ2) is 2.54. The van der Waals surface area contributed by atoms with Gasteiger partial charge < -0.3 is 10.1 Å². The van der Waals surface area contributed by atoms with E-state index in [0.717, 1.165) is 0 Å². The van der Waals surface area contributed by atoms with Crippen LogP contribution in [0.4, 0.5) is 0 Å². The zero-order valence-corrected chi connectivity index (χ0v) is 5.65. The van der Waals surface area contributed by atoms with Crippen LogP contribution in [0.3, 0.4) is 0 Å². The summed E-state index contributed by atoms with van der Waals surface area (Å²) in [6.45, 7) is 0. The number of guanidine groups is 1. The van der Waals surface area contributed by atoms with Gasteiger partial charge in [-0.15, -0.1) is 0 Å². The average molecular weight is 176 g/mol. The van der Waals surface area contributed by atoms with Crippen molar-refractivity contribution < 1.29 is 13.3 Å².